The van der Waals surface area contributed by atoms with Gasteiger partial charge < -0.3 is 4.74 Å². The Kier molecular flexibility index (Phi) is 7.74. The highest BCUT2D eigenvalue weighted by Gasteiger charge is 2.20. The number of carbonyl (C=O) groups excluding carboxylic acids is 1. The number of carbonyl (C=O) groups is 1. The van der Waals surface area contributed by atoms with E-state index in [2.05, 4.69) is 10.5 Å². The summed E-state index contributed by atoms with van der Waals surface area (Å²) >= 11 is 11.9. The molecule has 0 aromatic heterocycles. The second-order valence-electron chi connectivity index (χ2n) is 6.64. The minimum Gasteiger partial charge on any atom is -0.457 e. The van der Waals surface area contributed by atoms with Gasteiger partial charge in [-0.2, -0.15) is 5.10 Å². The molecule has 0 atom stereocenters. The highest BCUT2D eigenvalue weighted by atomic mass is 35.5. The number of amides is 1. The average molecular weight is 492 g/mol. The van der Waals surface area contributed by atoms with E-state index in [1.165, 1.54) is 6.21 Å². The minimum atomic E-state index is -3.73. The van der Waals surface area contributed by atoms with Crippen LogP contribution >= 0.6 is 23.2 Å². The van der Waals surface area contributed by atoms with Gasteiger partial charge in [-0.3, -0.25) is 9.10 Å². The van der Waals surface area contributed by atoms with Gasteiger partial charge in [-0.25, -0.2) is 13.8 Å². The maximum Gasteiger partial charge on any atom is 0.260 e. The van der Waals surface area contributed by atoms with Gasteiger partial charge in [0.15, 0.2) is 0 Å². The number of hydrazone groups is 1. The largest absolute Gasteiger partial charge is 0.457 e. The normalized spacial score (nSPS) is 11.3. The summed E-state index contributed by atoms with van der Waals surface area (Å²) in [5.74, 6) is 0.557. The fraction of sp³-hybridized carbons (Fsp3) is 0.0909. The van der Waals surface area contributed by atoms with Crippen molar-refractivity contribution >= 4 is 51.0 Å². The molecule has 0 saturated heterocycles. The molecule has 1 N–H and O–H groups in total. The van der Waals surface area contributed by atoms with Gasteiger partial charge in [0.05, 0.1) is 23.2 Å². The van der Waals surface area contributed by atoms with Gasteiger partial charge in [-0.1, -0.05) is 47.5 Å². The zero-order chi connectivity index (χ0) is 23.1. The van der Waals surface area contributed by atoms with Crippen molar-refractivity contribution in [3.05, 3.63) is 88.4 Å². The van der Waals surface area contributed by atoms with Crippen molar-refractivity contribution in [3.8, 4) is 11.5 Å². The van der Waals surface area contributed by atoms with Crippen LogP contribution in [0.2, 0.25) is 10.0 Å². The van der Waals surface area contributed by atoms with Crippen molar-refractivity contribution in [1.29, 1.82) is 0 Å². The zero-order valence-corrected chi connectivity index (χ0v) is 19.2. The first-order chi connectivity index (χ1) is 15.2. The molecule has 0 aliphatic heterocycles. The second kappa shape index (κ2) is 10.5. The summed E-state index contributed by atoms with van der Waals surface area (Å²) < 4.78 is 31.2. The third kappa shape index (κ3) is 6.71. The lowest BCUT2D eigenvalue weighted by Gasteiger charge is -2.21. The fourth-order valence-electron chi connectivity index (χ4n) is 2.65. The van der Waals surface area contributed by atoms with E-state index in [-0.39, 0.29) is 0 Å². The van der Waals surface area contributed by atoms with Gasteiger partial charge >= 0.3 is 0 Å². The molecule has 0 aliphatic rings. The van der Waals surface area contributed by atoms with Gasteiger partial charge in [0.1, 0.15) is 18.0 Å². The summed E-state index contributed by atoms with van der Waals surface area (Å²) in [6, 6.07) is 20.4. The average Bonchev–Trinajstić information content (AvgIpc) is 2.74. The topological polar surface area (TPSA) is 88.1 Å². The summed E-state index contributed by atoms with van der Waals surface area (Å²) in [4.78, 5) is 12.3. The third-order valence-corrected chi connectivity index (χ3v) is 5.85. The Labute approximate surface area is 196 Å². The first-order valence-corrected chi connectivity index (χ1v) is 11.9. The molecule has 0 unspecified atom stereocenters. The SMILES string of the molecule is CS(=O)(=O)N(CC(=O)NN=Cc1ccc(Cl)cc1Cl)c1ccc(Oc2ccccc2)cc1. The van der Waals surface area contributed by atoms with Crippen LogP contribution in [0.5, 0.6) is 11.5 Å². The molecule has 0 fully saturated rings. The number of rotatable bonds is 8. The van der Waals surface area contributed by atoms with Gasteiger partial charge in [0.25, 0.3) is 5.91 Å². The van der Waals surface area contributed by atoms with E-state index < -0.39 is 22.5 Å². The Hall–Kier alpha value is -3.07. The van der Waals surface area contributed by atoms with Crippen molar-refractivity contribution in [3.63, 3.8) is 0 Å². The molecule has 3 rings (SSSR count). The second-order valence-corrected chi connectivity index (χ2v) is 9.39. The summed E-state index contributed by atoms with van der Waals surface area (Å²) in [6.45, 7) is -0.455. The molecule has 0 aliphatic carbocycles. The number of nitrogens with one attached hydrogen (secondary N) is 1. The number of para-hydroxylation sites is 1. The van der Waals surface area contributed by atoms with Crippen molar-refractivity contribution in [1.82, 2.24) is 5.43 Å². The van der Waals surface area contributed by atoms with Crippen LogP contribution in [-0.4, -0.2) is 33.3 Å². The highest BCUT2D eigenvalue weighted by molar-refractivity contribution is 7.92. The standard InChI is InChI=1S/C22H19Cl2N3O4S/c1-32(29,30)27(15-22(28)26-25-14-16-7-8-17(23)13-21(16)24)18-9-11-20(12-10-18)31-19-5-3-2-4-6-19/h2-14H,15H2,1H3,(H,26,28). The number of halogens is 2. The number of ether oxygens (including phenoxy) is 1. The molecule has 0 spiro atoms. The van der Waals surface area contributed by atoms with Crippen LogP contribution < -0.4 is 14.5 Å². The number of benzene rings is 3. The predicted molar refractivity (Wildman–Crippen MR) is 127 cm³/mol. The molecule has 10 heteroatoms. The number of anilines is 1. The van der Waals surface area contributed by atoms with Crippen LogP contribution in [-0.2, 0) is 14.8 Å². The van der Waals surface area contributed by atoms with Crippen LogP contribution in [0, 0.1) is 0 Å². The summed E-state index contributed by atoms with van der Waals surface area (Å²) in [7, 11) is -3.73. The number of hydrogen-bond acceptors (Lipinski definition) is 5. The molecular weight excluding hydrogens is 473 g/mol. The van der Waals surface area contributed by atoms with E-state index >= 15 is 0 Å². The lowest BCUT2D eigenvalue weighted by atomic mass is 10.2. The molecule has 7 nitrogen and oxygen atoms in total. The summed E-state index contributed by atoms with van der Waals surface area (Å²) in [5, 5.41) is 4.67. The van der Waals surface area contributed by atoms with Gasteiger partial charge in [-0.05, 0) is 48.5 Å². The summed E-state index contributed by atoms with van der Waals surface area (Å²) in [5.41, 5.74) is 3.16. The molecule has 3 aromatic carbocycles. The fourth-order valence-corrected chi connectivity index (χ4v) is 3.96. The Morgan fingerprint density at radius 1 is 1.03 bits per heavy atom. The maximum atomic E-state index is 12.3. The first kappa shape index (κ1) is 23.6. The number of nitrogens with zero attached hydrogens (tertiary/aromatic N) is 2. The van der Waals surface area contributed by atoms with Crippen LogP contribution in [0.1, 0.15) is 5.56 Å². The Morgan fingerprint density at radius 2 is 1.69 bits per heavy atom. The smallest absolute Gasteiger partial charge is 0.260 e. The van der Waals surface area contributed by atoms with E-state index in [1.807, 2.05) is 18.2 Å². The lowest BCUT2D eigenvalue weighted by molar-refractivity contribution is -0.119. The Balaban J connectivity index is 1.67. The zero-order valence-electron chi connectivity index (χ0n) is 16.9. The molecule has 0 bridgehead atoms. The minimum absolute atomic E-state index is 0.313. The molecule has 0 radical (unpaired) electrons. The Morgan fingerprint density at radius 3 is 2.31 bits per heavy atom. The van der Waals surface area contributed by atoms with Crippen molar-refractivity contribution < 1.29 is 17.9 Å². The quantitative estimate of drug-likeness (QED) is 0.365. The van der Waals surface area contributed by atoms with Crippen LogP contribution in [0.15, 0.2) is 77.9 Å². The maximum absolute atomic E-state index is 12.3. The van der Waals surface area contributed by atoms with Gasteiger partial charge in [-0.15, -0.1) is 0 Å². The van der Waals surface area contributed by atoms with Crippen LogP contribution in [0.4, 0.5) is 5.69 Å². The van der Waals surface area contributed by atoms with E-state index in [1.54, 1.807) is 54.6 Å². The third-order valence-electron chi connectivity index (χ3n) is 4.15. The molecule has 1 amide bonds. The molecule has 166 valence electrons. The summed E-state index contributed by atoms with van der Waals surface area (Å²) in [6.07, 6.45) is 2.36. The van der Waals surface area contributed by atoms with Crippen molar-refractivity contribution in [2.75, 3.05) is 17.1 Å². The monoisotopic (exact) mass is 491 g/mol. The molecule has 0 saturated carbocycles. The van der Waals surface area contributed by atoms with Crippen LogP contribution in [0.3, 0.4) is 0 Å². The van der Waals surface area contributed by atoms with E-state index in [0.717, 1.165) is 10.6 Å². The van der Waals surface area contributed by atoms with Crippen LogP contribution in [0.25, 0.3) is 0 Å². The Bertz CT molecular complexity index is 1220. The van der Waals surface area contributed by atoms with Crippen molar-refractivity contribution in [2.24, 2.45) is 5.10 Å². The van der Waals surface area contributed by atoms with Gasteiger partial charge in [0.2, 0.25) is 10.0 Å². The van der Waals surface area contributed by atoms with Gasteiger partial charge in [0, 0.05) is 10.6 Å². The van der Waals surface area contributed by atoms with E-state index in [0.29, 0.717) is 32.8 Å². The number of sulfonamides is 1. The van der Waals surface area contributed by atoms with E-state index in [9.17, 15) is 13.2 Å². The molecule has 32 heavy (non-hydrogen) atoms. The molecule has 0 heterocycles. The number of hydrogen-bond donors (Lipinski definition) is 1. The van der Waals surface area contributed by atoms with E-state index in [4.69, 9.17) is 27.9 Å². The van der Waals surface area contributed by atoms with Crippen molar-refractivity contribution in [2.45, 2.75) is 0 Å². The molecule has 3 aromatic rings. The predicted octanol–water partition coefficient (Wildman–Crippen LogP) is 4.70. The lowest BCUT2D eigenvalue weighted by Crippen LogP contribution is -2.39. The molecular formula is C22H19Cl2N3O4S. The first-order valence-electron chi connectivity index (χ1n) is 9.30. The highest BCUT2D eigenvalue weighted by Crippen LogP contribution is 2.25.